The molecule has 118 valence electrons. The first-order valence-electron chi connectivity index (χ1n) is 8.24. The van der Waals surface area contributed by atoms with Crippen LogP contribution in [0.1, 0.15) is 60.3 Å². The van der Waals surface area contributed by atoms with Crippen LogP contribution >= 0.6 is 11.8 Å². The van der Waals surface area contributed by atoms with Crippen LogP contribution in [0.4, 0.5) is 0 Å². The summed E-state index contributed by atoms with van der Waals surface area (Å²) in [5, 5.41) is 4.80. The first-order valence-corrected chi connectivity index (χ1v) is 9.22. The number of amidine groups is 1. The molecule has 0 radical (unpaired) electrons. The monoisotopic (exact) mass is 299 g/mol. The zero-order chi connectivity index (χ0) is 15.0. The van der Waals surface area contributed by atoms with Crippen LogP contribution in [0.25, 0.3) is 0 Å². The molecular formula is C16H33N3S. The van der Waals surface area contributed by atoms with Crippen molar-refractivity contribution in [2.75, 3.05) is 25.4 Å². The van der Waals surface area contributed by atoms with Crippen molar-refractivity contribution < 1.29 is 0 Å². The highest BCUT2D eigenvalue weighted by atomic mass is 32.2. The second-order valence-corrected chi connectivity index (χ2v) is 7.17. The maximum absolute atomic E-state index is 4.88. The molecule has 4 heteroatoms. The number of aliphatic imine (C=N–C) groups is 1. The summed E-state index contributed by atoms with van der Waals surface area (Å²) in [7, 11) is 0. The highest BCUT2D eigenvalue weighted by molar-refractivity contribution is 8.13. The fourth-order valence-corrected chi connectivity index (χ4v) is 3.80. The zero-order valence-corrected chi connectivity index (χ0v) is 14.9. The highest BCUT2D eigenvalue weighted by Gasteiger charge is 2.27. The van der Waals surface area contributed by atoms with Crippen LogP contribution in [0, 0.1) is 0 Å². The van der Waals surface area contributed by atoms with Crippen LogP contribution in [0.15, 0.2) is 4.99 Å². The lowest BCUT2D eigenvalue weighted by atomic mass is 9.96. The Labute approximate surface area is 130 Å². The van der Waals surface area contributed by atoms with Gasteiger partial charge >= 0.3 is 0 Å². The maximum Gasteiger partial charge on any atom is 0.157 e. The second kappa shape index (κ2) is 8.93. The van der Waals surface area contributed by atoms with E-state index < -0.39 is 0 Å². The molecule has 0 spiro atoms. The van der Waals surface area contributed by atoms with E-state index in [4.69, 9.17) is 4.99 Å². The Bertz CT molecular complexity index is 302. The minimum absolute atomic E-state index is 0.255. The SMILES string of the molecule is CCN(CC)CCCC(C)N=C1NC(C)(CC)CCS1. The third-order valence-electron chi connectivity index (χ3n) is 4.41. The maximum atomic E-state index is 4.88. The molecule has 1 aliphatic rings. The average Bonchev–Trinajstić information content (AvgIpc) is 2.44. The third-order valence-corrected chi connectivity index (χ3v) is 5.30. The summed E-state index contributed by atoms with van der Waals surface area (Å²) >= 11 is 1.89. The smallest absolute Gasteiger partial charge is 0.157 e. The van der Waals surface area contributed by atoms with Gasteiger partial charge in [0, 0.05) is 11.3 Å². The zero-order valence-electron chi connectivity index (χ0n) is 14.0. The Morgan fingerprint density at radius 2 is 2.05 bits per heavy atom. The predicted molar refractivity (Wildman–Crippen MR) is 92.8 cm³/mol. The molecular weight excluding hydrogens is 266 g/mol. The number of hydrogen-bond donors (Lipinski definition) is 1. The fourth-order valence-electron chi connectivity index (χ4n) is 2.48. The number of hydrogen-bond acceptors (Lipinski definition) is 3. The largest absolute Gasteiger partial charge is 0.360 e. The molecule has 0 aromatic rings. The van der Waals surface area contributed by atoms with Gasteiger partial charge in [0.1, 0.15) is 0 Å². The lowest BCUT2D eigenvalue weighted by Gasteiger charge is -2.35. The van der Waals surface area contributed by atoms with E-state index in [0.29, 0.717) is 6.04 Å². The van der Waals surface area contributed by atoms with Crippen LogP contribution in [-0.2, 0) is 0 Å². The van der Waals surface area contributed by atoms with Gasteiger partial charge in [0.25, 0.3) is 0 Å². The molecule has 2 unspecified atom stereocenters. The van der Waals surface area contributed by atoms with Gasteiger partial charge in [-0.3, -0.25) is 4.99 Å². The van der Waals surface area contributed by atoms with Crippen LogP contribution in [0.2, 0.25) is 0 Å². The summed E-state index contributed by atoms with van der Waals surface area (Å²) in [6, 6.07) is 0.430. The molecule has 20 heavy (non-hydrogen) atoms. The number of thioether (sulfide) groups is 1. The van der Waals surface area contributed by atoms with Crippen molar-refractivity contribution in [3.05, 3.63) is 0 Å². The van der Waals surface area contributed by atoms with E-state index in [1.807, 2.05) is 11.8 Å². The van der Waals surface area contributed by atoms with Crippen molar-refractivity contribution >= 4 is 16.9 Å². The topological polar surface area (TPSA) is 27.6 Å². The highest BCUT2D eigenvalue weighted by Crippen LogP contribution is 2.25. The van der Waals surface area contributed by atoms with Crippen LogP contribution in [-0.4, -0.2) is 47.0 Å². The van der Waals surface area contributed by atoms with E-state index in [0.717, 1.165) is 18.3 Å². The van der Waals surface area contributed by atoms with Gasteiger partial charge in [0.2, 0.25) is 0 Å². The van der Waals surface area contributed by atoms with Crippen molar-refractivity contribution in [1.82, 2.24) is 10.2 Å². The van der Waals surface area contributed by atoms with Crippen LogP contribution in [0.5, 0.6) is 0 Å². The van der Waals surface area contributed by atoms with Gasteiger partial charge in [-0.05, 0) is 59.2 Å². The van der Waals surface area contributed by atoms with Gasteiger partial charge in [-0.15, -0.1) is 0 Å². The average molecular weight is 300 g/mol. The van der Waals surface area contributed by atoms with E-state index in [9.17, 15) is 0 Å². The molecule has 0 saturated carbocycles. The Kier molecular flexibility index (Phi) is 7.96. The second-order valence-electron chi connectivity index (χ2n) is 6.09. The minimum atomic E-state index is 0.255. The molecule has 0 bridgehead atoms. The molecule has 2 atom stereocenters. The number of nitrogens with one attached hydrogen (secondary N) is 1. The number of rotatable bonds is 8. The lowest BCUT2D eigenvalue weighted by Crippen LogP contribution is -2.48. The molecule has 0 amide bonds. The molecule has 0 aliphatic carbocycles. The molecule has 1 heterocycles. The molecule has 0 aromatic carbocycles. The summed E-state index contributed by atoms with van der Waals surface area (Å²) in [5.41, 5.74) is 0.255. The van der Waals surface area contributed by atoms with Crippen molar-refractivity contribution in [3.8, 4) is 0 Å². The molecule has 1 aliphatic heterocycles. The summed E-state index contributed by atoms with van der Waals surface area (Å²) in [5.74, 6) is 1.20. The molecule has 1 saturated heterocycles. The van der Waals surface area contributed by atoms with Gasteiger partial charge < -0.3 is 10.2 Å². The third kappa shape index (κ3) is 6.04. The lowest BCUT2D eigenvalue weighted by molar-refractivity contribution is 0.294. The molecule has 0 aromatic heterocycles. The molecule has 1 N–H and O–H groups in total. The van der Waals surface area contributed by atoms with Gasteiger partial charge in [-0.2, -0.15) is 0 Å². The minimum Gasteiger partial charge on any atom is -0.360 e. The summed E-state index contributed by atoms with van der Waals surface area (Å²) in [6.45, 7) is 14.8. The number of nitrogens with zero attached hydrogens (tertiary/aromatic N) is 2. The standard InChI is InChI=1S/C16H33N3S/c1-6-16(5)11-13-20-15(18-16)17-14(4)10-9-12-19(7-2)8-3/h14H,6-13H2,1-5H3,(H,17,18). The Morgan fingerprint density at radius 1 is 1.35 bits per heavy atom. The van der Waals surface area contributed by atoms with Gasteiger partial charge in [-0.25, -0.2) is 0 Å². The Morgan fingerprint density at radius 3 is 2.65 bits per heavy atom. The van der Waals surface area contributed by atoms with Crippen LogP contribution in [0.3, 0.4) is 0 Å². The first-order chi connectivity index (χ1) is 9.53. The normalized spacial score (nSPS) is 26.8. The van der Waals surface area contributed by atoms with E-state index >= 15 is 0 Å². The summed E-state index contributed by atoms with van der Waals surface area (Å²) in [4.78, 5) is 7.37. The van der Waals surface area contributed by atoms with Crippen LogP contribution < -0.4 is 5.32 Å². The predicted octanol–water partition coefficient (Wildman–Crippen LogP) is 3.75. The fraction of sp³-hybridized carbons (Fsp3) is 0.938. The van der Waals surface area contributed by atoms with E-state index in [1.165, 1.54) is 38.0 Å². The van der Waals surface area contributed by atoms with Crippen molar-refractivity contribution in [3.63, 3.8) is 0 Å². The Balaban J connectivity index is 2.36. The van der Waals surface area contributed by atoms with E-state index in [-0.39, 0.29) is 5.54 Å². The first kappa shape index (κ1) is 17.8. The summed E-state index contributed by atoms with van der Waals surface area (Å²) < 4.78 is 0. The molecule has 1 rings (SSSR count). The molecule has 1 fully saturated rings. The van der Waals surface area contributed by atoms with Gasteiger partial charge in [0.05, 0.1) is 6.04 Å². The van der Waals surface area contributed by atoms with Crippen molar-refractivity contribution in [2.45, 2.75) is 71.9 Å². The van der Waals surface area contributed by atoms with Gasteiger partial charge in [-0.1, -0.05) is 32.5 Å². The summed E-state index contributed by atoms with van der Waals surface area (Å²) in [6.07, 6.45) is 4.84. The van der Waals surface area contributed by atoms with Gasteiger partial charge in [0.15, 0.2) is 5.17 Å². The quantitative estimate of drug-likeness (QED) is 0.740. The van der Waals surface area contributed by atoms with E-state index in [2.05, 4.69) is 44.8 Å². The Hall–Kier alpha value is -0.220. The van der Waals surface area contributed by atoms with E-state index in [1.54, 1.807) is 0 Å². The van der Waals surface area contributed by atoms with Crippen molar-refractivity contribution in [2.24, 2.45) is 4.99 Å². The van der Waals surface area contributed by atoms with Crippen molar-refractivity contribution in [1.29, 1.82) is 0 Å². The molecule has 3 nitrogen and oxygen atoms in total.